The van der Waals surface area contributed by atoms with Crippen molar-refractivity contribution in [2.45, 2.75) is 13.5 Å². The SMILES string of the molecule is CCn1c(N)nc(-c2ccccc2)c(I)c1=O. The van der Waals surface area contributed by atoms with Gasteiger partial charge in [-0.3, -0.25) is 9.36 Å². The quantitative estimate of drug-likeness (QED) is 0.852. The van der Waals surface area contributed by atoms with Gasteiger partial charge in [-0.05, 0) is 29.5 Å². The molecule has 88 valence electrons. The van der Waals surface area contributed by atoms with Crippen LogP contribution in [0.2, 0.25) is 0 Å². The zero-order chi connectivity index (χ0) is 12.4. The highest BCUT2D eigenvalue weighted by Crippen LogP contribution is 2.21. The molecule has 2 rings (SSSR count). The van der Waals surface area contributed by atoms with Crippen molar-refractivity contribution in [3.8, 4) is 11.3 Å². The van der Waals surface area contributed by atoms with Gasteiger partial charge in [0.1, 0.15) is 3.57 Å². The van der Waals surface area contributed by atoms with Crippen LogP contribution in [0, 0.1) is 3.57 Å². The van der Waals surface area contributed by atoms with Gasteiger partial charge < -0.3 is 5.73 Å². The van der Waals surface area contributed by atoms with Gasteiger partial charge in [0.2, 0.25) is 5.95 Å². The molecular weight excluding hydrogens is 329 g/mol. The van der Waals surface area contributed by atoms with E-state index in [9.17, 15) is 4.79 Å². The van der Waals surface area contributed by atoms with E-state index in [4.69, 9.17) is 5.73 Å². The molecule has 0 aliphatic carbocycles. The van der Waals surface area contributed by atoms with Crippen molar-refractivity contribution >= 4 is 28.5 Å². The number of benzene rings is 1. The number of anilines is 1. The smallest absolute Gasteiger partial charge is 0.268 e. The van der Waals surface area contributed by atoms with Crippen LogP contribution in [0.25, 0.3) is 11.3 Å². The van der Waals surface area contributed by atoms with Crippen molar-refractivity contribution in [1.29, 1.82) is 0 Å². The van der Waals surface area contributed by atoms with Crippen molar-refractivity contribution in [3.05, 3.63) is 44.3 Å². The molecule has 0 unspecified atom stereocenters. The molecular formula is C12H12IN3O. The van der Waals surface area contributed by atoms with Gasteiger partial charge in [-0.1, -0.05) is 30.3 Å². The molecule has 2 N–H and O–H groups in total. The molecule has 5 heteroatoms. The Morgan fingerprint density at radius 1 is 1.35 bits per heavy atom. The number of nitrogens with zero attached hydrogens (tertiary/aromatic N) is 2. The minimum absolute atomic E-state index is 0.0838. The number of hydrogen-bond donors (Lipinski definition) is 1. The summed E-state index contributed by atoms with van der Waals surface area (Å²) < 4.78 is 2.07. The Bertz CT molecular complexity index is 593. The lowest BCUT2D eigenvalue weighted by Gasteiger charge is -2.10. The van der Waals surface area contributed by atoms with Gasteiger partial charge in [0.25, 0.3) is 5.56 Å². The minimum Gasteiger partial charge on any atom is -0.369 e. The average Bonchev–Trinajstić information content (AvgIpc) is 2.35. The molecule has 0 saturated carbocycles. The van der Waals surface area contributed by atoms with E-state index in [-0.39, 0.29) is 11.5 Å². The number of rotatable bonds is 2. The second-order valence-electron chi connectivity index (χ2n) is 3.55. The highest BCUT2D eigenvalue weighted by atomic mass is 127. The van der Waals surface area contributed by atoms with Crippen LogP contribution < -0.4 is 11.3 Å². The van der Waals surface area contributed by atoms with E-state index < -0.39 is 0 Å². The second kappa shape index (κ2) is 4.87. The van der Waals surface area contributed by atoms with Crippen LogP contribution in [-0.4, -0.2) is 9.55 Å². The van der Waals surface area contributed by atoms with Crippen LogP contribution in [-0.2, 0) is 6.54 Å². The Morgan fingerprint density at radius 3 is 2.59 bits per heavy atom. The van der Waals surface area contributed by atoms with E-state index >= 15 is 0 Å². The maximum absolute atomic E-state index is 12.1. The number of halogens is 1. The van der Waals surface area contributed by atoms with Crippen molar-refractivity contribution in [2.75, 3.05) is 5.73 Å². The summed E-state index contributed by atoms with van der Waals surface area (Å²) in [6.07, 6.45) is 0. The molecule has 0 fully saturated rings. The van der Waals surface area contributed by atoms with Crippen LogP contribution in [0.4, 0.5) is 5.95 Å². The Balaban J connectivity index is 2.70. The molecule has 0 saturated heterocycles. The fourth-order valence-corrected chi connectivity index (χ4v) is 2.36. The lowest BCUT2D eigenvalue weighted by Crippen LogP contribution is -2.26. The maximum Gasteiger partial charge on any atom is 0.268 e. The summed E-state index contributed by atoms with van der Waals surface area (Å²) in [5, 5.41) is 0. The number of hydrogen-bond acceptors (Lipinski definition) is 3. The second-order valence-corrected chi connectivity index (χ2v) is 4.63. The largest absolute Gasteiger partial charge is 0.369 e. The van der Waals surface area contributed by atoms with E-state index in [1.165, 1.54) is 4.57 Å². The first kappa shape index (κ1) is 12.1. The molecule has 2 aromatic rings. The van der Waals surface area contributed by atoms with Crippen LogP contribution in [0.15, 0.2) is 35.1 Å². The van der Waals surface area contributed by atoms with Crippen LogP contribution in [0.5, 0.6) is 0 Å². The fraction of sp³-hybridized carbons (Fsp3) is 0.167. The van der Waals surface area contributed by atoms with Gasteiger partial charge in [-0.15, -0.1) is 0 Å². The summed E-state index contributed by atoms with van der Waals surface area (Å²) in [7, 11) is 0. The summed E-state index contributed by atoms with van der Waals surface area (Å²) in [6, 6.07) is 9.58. The number of nitrogens with two attached hydrogens (primary N) is 1. The summed E-state index contributed by atoms with van der Waals surface area (Å²) in [5.41, 5.74) is 7.26. The van der Waals surface area contributed by atoms with Gasteiger partial charge >= 0.3 is 0 Å². The summed E-state index contributed by atoms with van der Waals surface area (Å²) in [5.74, 6) is 0.261. The molecule has 0 aliphatic heterocycles. The third kappa shape index (κ3) is 2.19. The topological polar surface area (TPSA) is 60.9 Å². The maximum atomic E-state index is 12.1. The van der Waals surface area contributed by atoms with E-state index in [1.807, 2.05) is 59.8 Å². The molecule has 1 aromatic carbocycles. The lowest BCUT2D eigenvalue weighted by molar-refractivity contribution is 0.718. The first-order valence-corrected chi connectivity index (χ1v) is 6.34. The predicted molar refractivity (Wildman–Crippen MR) is 76.7 cm³/mol. The van der Waals surface area contributed by atoms with Crippen molar-refractivity contribution < 1.29 is 0 Å². The molecule has 0 bridgehead atoms. The van der Waals surface area contributed by atoms with E-state index in [1.54, 1.807) is 0 Å². The van der Waals surface area contributed by atoms with E-state index in [0.717, 1.165) is 5.56 Å². The summed E-state index contributed by atoms with van der Waals surface area (Å²) in [4.78, 5) is 16.4. The Morgan fingerprint density at radius 2 is 2.00 bits per heavy atom. The van der Waals surface area contributed by atoms with Crippen molar-refractivity contribution in [2.24, 2.45) is 0 Å². The monoisotopic (exact) mass is 341 g/mol. The normalized spacial score (nSPS) is 10.5. The molecule has 0 amide bonds. The zero-order valence-electron chi connectivity index (χ0n) is 9.35. The van der Waals surface area contributed by atoms with Gasteiger partial charge in [-0.2, -0.15) is 0 Å². The molecule has 17 heavy (non-hydrogen) atoms. The number of nitrogen functional groups attached to an aromatic ring is 1. The Hall–Kier alpha value is -1.37. The summed E-state index contributed by atoms with van der Waals surface area (Å²) in [6.45, 7) is 2.40. The fourth-order valence-electron chi connectivity index (χ4n) is 1.64. The van der Waals surface area contributed by atoms with Crippen molar-refractivity contribution in [3.63, 3.8) is 0 Å². The molecule has 0 spiro atoms. The van der Waals surface area contributed by atoms with Gasteiger partial charge in [0.15, 0.2) is 0 Å². The van der Waals surface area contributed by atoms with E-state index in [0.29, 0.717) is 15.8 Å². The third-order valence-corrected chi connectivity index (χ3v) is 3.48. The summed E-state index contributed by atoms with van der Waals surface area (Å²) >= 11 is 2.02. The third-order valence-electron chi connectivity index (χ3n) is 2.51. The average molecular weight is 341 g/mol. The highest BCUT2D eigenvalue weighted by molar-refractivity contribution is 14.1. The standard InChI is InChI=1S/C12H12IN3O/c1-2-16-11(17)9(13)10(15-12(16)14)8-6-4-3-5-7-8/h3-7H,2H2,1H3,(H2,14,15). The predicted octanol–water partition coefficient (Wildman–Crippen LogP) is 2.12. The molecule has 0 atom stereocenters. The molecule has 0 aliphatic rings. The van der Waals surface area contributed by atoms with Gasteiger partial charge in [0.05, 0.1) is 5.69 Å². The lowest BCUT2D eigenvalue weighted by atomic mass is 10.1. The molecule has 1 aromatic heterocycles. The van der Waals surface area contributed by atoms with Crippen molar-refractivity contribution in [1.82, 2.24) is 9.55 Å². The van der Waals surface area contributed by atoms with E-state index in [2.05, 4.69) is 4.98 Å². The molecule has 4 nitrogen and oxygen atoms in total. The first-order chi connectivity index (χ1) is 8.15. The van der Waals surface area contributed by atoms with Crippen LogP contribution in [0.3, 0.4) is 0 Å². The highest BCUT2D eigenvalue weighted by Gasteiger charge is 2.13. The first-order valence-electron chi connectivity index (χ1n) is 5.26. The zero-order valence-corrected chi connectivity index (χ0v) is 11.5. The number of aromatic nitrogens is 2. The van der Waals surface area contributed by atoms with Gasteiger partial charge in [0, 0.05) is 12.1 Å². The van der Waals surface area contributed by atoms with Crippen LogP contribution >= 0.6 is 22.6 Å². The molecule has 1 heterocycles. The Kier molecular flexibility index (Phi) is 3.46. The Labute approximate surface area is 113 Å². The molecule has 0 radical (unpaired) electrons. The minimum atomic E-state index is -0.0838. The van der Waals surface area contributed by atoms with Gasteiger partial charge in [-0.25, -0.2) is 4.98 Å². The van der Waals surface area contributed by atoms with Crippen LogP contribution in [0.1, 0.15) is 6.92 Å².